The first-order valence-corrected chi connectivity index (χ1v) is 7.19. The molecule has 0 atom stereocenters. The minimum Gasteiger partial charge on any atom is -0.478 e. The average molecular weight is 310 g/mol. The van der Waals surface area contributed by atoms with Crippen LogP contribution in [0, 0.1) is 5.82 Å². The van der Waals surface area contributed by atoms with E-state index < -0.39 is 21.8 Å². The van der Waals surface area contributed by atoms with E-state index >= 15 is 0 Å². The fraction of sp³-hybridized carbons (Fsp3) is 0. The van der Waals surface area contributed by atoms with Gasteiger partial charge in [-0.15, -0.1) is 0 Å². The van der Waals surface area contributed by atoms with Gasteiger partial charge in [0.15, 0.2) is 0 Å². The predicted octanol–water partition coefficient (Wildman–Crippen LogP) is 1.91. The Bertz CT molecular complexity index is 788. The van der Waals surface area contributed by atoms with E-state index in [1.54, 1.807) is 0 Å². The Balaban J connectivity index is 2.35. The van der Waals surface area contributed by atoms with Gasteiger partial charge in [-0.05, 0) is 42.5 Å². The van der Waals surface area contributed by atoms with Crippen LogP contribution < -0.4 is 10.5 Å². The van der Waals surface area contributed by atoms with Crippen LogP contribution in [0.4, 0.5) is 15.8 Å². The van der Waals surface area contributed by atoms with Gasteiger partial charge in [0.1, 0.15) is 10.7 Å². The second kappa shape index (κ2) is 5.41. The second-order valence-corrected chi connectivity index (χ2v) is 5.82. The molecule has 0 aliphatic rings. The zero-order chi connectivity index (χ0) is 15.6. The SMILES string of the molecule is Nc1cc(C(=O)O)ccc1S(=O)(=O)Nc1ccc(F)cc1. The molecule has 0 unspecified atom stereocenters. The van der Waals surface area contributed by atoms with E-state index in [1.807, 2.05) is 0 Å². The summed E-state index contributed by atoms with van der Waals surface area (Å²) < 4.78 is 39.3. The monoisotopic (exact) mass is 310 g/mol. The van der Waals surface area contributed by atoms with Gasteiger partial charge >= 0.3 is 5.97 Å². The Labute approximate surface area is 120 Å². The molecule has 0 heterocycles. The van der Waals surface area contributed by atoms with Gasteiger partial charge < -0.3 is 10.8 Å². The topological polar surface area (TPSA) is 109 Å². The van der Waals surface area contributed by atoms with Crippen LogP contribution in [-0.2, 0) is 10.0 Å². The highest BCUT2D eigenvalue weighted by Crippen LogP contribution is 2.23. The van der Waals surface area contributed by atoms with Crippen molar-refractivity contribution in [3.05, 3.63) is 53.8 Å². The number of halogens is 1. The Hall–Kier alpha value is -2.61. The van der Waals surface area contributed by atoms with Crippen LogP contribution in [0.3, 0.4) is 0 Å². The van der Waals surface area contributed by atoms with E-state index in [0.717, 1.165) is 30.3 Å². The van der Waals surface area contributed by atoms with Gasteiger partial charge in [0, 0.05) is 5.69 Å². The first-order valence-electron chi connectivity index (χ1n) is 5.71. The lowest BCUT2D eigenvalue weighted by Gasteiger charge is -2.10. The Morgan fingerprint density at radius 3 is 2.29 bits per heavy atom. The van der Waals surface area contributed by atoms with Crippen molar-refractivity contribution in [1.29, 1.82) is 0 Å². The largest absolute Gasteiger partial charge is 0.478 e. The molecule has 4 N–H and O–H groups in total. The van der Waals surface area contributed by atoms with Crippen molar-refractivity contribution >= 4 is 27.4 Å². The average Bonchev–Trinajstić information content (AvgIpc) is 2.40. The van der Waals surface area contributed by atoms with Gasteiger partial charge in [0.05, 0.1) is 11.3 Å². The Kier molecular flexibility index (Phi) is 3.81. The fourth-order valence-electron chi connectivity index (χ4n) is 1.65. The lowest BCUT2D eigenvalue weighted by Crippen LogP contribution is -2.15. The Morgan fingerprint density at radius 1 is 1.14 bits per heavy atom. The molecule has 0 bridgehead atoms. The standard InChI is InChI=1S/C13H11FN2O4S/c14-9-2-4-10(5-3-9)16-21(19,20)12-6-1-8(13(17)18)7-11(12)15/h1-7,16H,15H2,(H,17,18). The van der Waals surface area contributed by atoms with Crippen LogP contribution in [0.15, 0.2) is 47.4 Å². The van der Waals surface area contributed by atoms with E-state index in [0.29, 0.717) is 0 Å². The molecule has 0 amide bonds. The highest BCUT2D eigenvalue weighted by atomic mass is 32.2. The number of anilines is 2. The molecular formula is C13H11FN2O4S. The molecule has 0 radical (unpaired) electrons. The molecule has 2 rings (SSSR count). The summed E-state index contributed by atoms with van der Waals surface area (Å²) in [5, 5.41) is 8.81. The third-order valence-electron chi connectivity index (χ3n) is 2.64. The molecule has 0 aliphatic carbocycles. The molecule has 0 aromatic heterocycles. The van der Waals surface area contributed by atoms with E-state index in [9.17, 15) is 17.6 Å². The van der Waals surface area contributed by atoms with Crippen LogP contribution >= 0.6 is 0 Å². The van der Waals surface area contributed by atoms with Crippen LogP contribution in [0.1, 0.15) is 10.4 Å². The minimum atomic E-state index is -3.99. The summed E-state index contributed by atoms with van der Waals surface area (Å²) >= 11 is 0. The van der Waals surface area contributed by atoms with Crippen molar-refractivity contribution in [2.75, 3.05) is 10.5 Å². The molecule has 0 spiro atoms. The van der Waals surface area contributed by atoms with Gasteiger partial charge in [-0.25, -0.2) is 17.6 Å². The molecule has 6 nitrogen and oxygen atoms in total. The van der Waals surface area contributed by atoms with Crippen molar-refractivity contribution in [3.63, 3.8) is 0 Å². The van der Waals surface area contributed by atoms with Gasteiger partial charge in [-0.2, -0.15) is 0 Å². The van der Waals surface area contributed by atoms with Crippen molar-refractivity contribution in [2.24, 2.45) is 0 Å². The fourth-order valence-corrected chi connectivity index (χ4v) is 2.83. The number of benzene rings is 2. The molecule has 0 saturated carbocycles. The first kappa shape index (κ1) is 14.8. The number of rotatable bonds is 4. The molecule has 110 valence electrons. The number of carbonyl (C=O) groups is 1. The molecule has 8 heteroatoms. The molecule has 2 aromatic carbocycles. The second-order valence-electron chi connectivity index (χ2n) is 4.17. The van der Waals surface area contributed by atoms with Gasteiger partial charge in [0.25, 0.3) is 10.0 Å². The van der Waals surface area contributed by atoms with E-state index in [-0.39, 0.29) is 21.8 Å². The summed E-state index contributed by atoms with van der Waals surface area (Å²) in [4.78, 5) is 10.5. The zero-order valence-corrected chi connectivity index (χ0v) is 11.4. The lowest BCUT2D eigenvalue weighted by molar-refractivity contribution is 0.0697. The molecule has 2 aromatic rings. The highest BCUT2D eigenvalue weighted by Gasteiger charge is 2.19. The number of aromatic carboxylic acids is 1. The number of nitrogens with one attached hydrogen (secondary N) is 1. The maximum absolute atomic E-state index is 12.8. The maximum Gasteiger partial charge on any atom is 0.335 e. The van der Waals surface area contributed by atoms with Crippen molar-refractivity contribution in [2.45, 2.75) is 4.90 Å². The number of hydrogen-bond acceptors (Lipinski definition) is 4. The van der Waals surface area contributed by atoms with Gasteiger partial charge in [-0.1, -0.05) is 0 Å². The predicted molar refractivity (Wildman–Crippen MR) is 75.0 cm³/mol. The summed E-state index contributed by atoms with van der Waals surface area (Å²) in [5.41, 5.74) is 5.44. The van der Waals surface area contributed by atoms with E-state index in [4.69, 9.17) is 10.8 Å². The number of carboxylic acids is 1. The molecule has 0 fully saturated rings. The molecular weight excluding hydrogens is 299 g/mol. The van der Waals surface area contributed by atoms with Crippen LogP contribution in [0.2, 0.25) is 0 Å². The van der Waals surface area contributed by atoms with Gasteiger partial charge in [0.2, 0.25) is 0 Å². The van der Waals surface area contributed by atoms with E-state index in [2.05, 4.69) is 4.72 Å². The van der Waals surface area contributed by atoms with Crippen LogP contribution in [0.5, 0.6) is 0 Å². The summed E-state index contributed by atoms with van der Waals surface area (Å²) in [5.74, 6) is -1.71. The van der Waals surface area contributed by atoms with Crippen molar-refractivity contribution in [1.82, 2.24) is 0 Å². The molecule has 0 aliphatic heterocycles. The zero-order valence-electron chi connectivity index (χ0n) is 10.6. The number of carboxylic acid groups (broad SMARTS) is 1. The van der Waals surface area contributed by atoms with Crippen molar-refractivity contribution in [3.8, 4) is 0 Å². The minimum absolute atomic E-state index is 0.117. The normalized spacial score (nSPS) is 11.1. The number of nitrogen functional groups attached to an aromatic ring is 1. The van der Waals surface area contributed by atoms with E-state index in [1.165, 1.54) is 12.1 Å². The van der Waals surface area contributed by atoms with Crippen LogP contribution in [0.25, 0.3) is 0 Å². The summed E-state index contributed by atoms with van der Waals surface area (Å²) in [6.45, 7) is 0. The smallest absolute Gasteiger partial charge is 0.335 e. The lowest BCUT2D eigenvalue weighted by atomic mass is 10.2. The number of sulfonamides is 1. The number of nitrogens with two attached hydrogens (primary N) is 1. The summed E-state index contributed by atoms with van der Waals surface area (Å²) in [6.07, 6.45) is 0. The summed E-state index contributed by atoms with van der Waals surface area (Å²) in [6, 6.07) is 8.02. The number of hydrogen-bond donors (Lipinski definition) is 3. The van der Waals surface area contributed by atoms with Crippen LogP contribution in [-0.4, -0.2) is 19.5 Å². The Morgan fingerprint density at radius 2 is 1.76 bits per heavy atom. The molecule has 21 heavy (non-hydrogen) atoms. The third kappa shape index (κ3) is 3.29. The quantitative estimate of drug-likeness (QED) is 0.747. The highest BCUT2D eigenvalue weighted by molar-refractivity contribution is 7.92. The first-order chi connectivity index (χ1) is 9.79. The van der Waals surface area contributed by atoms with Gasteiger partial charge in [-0.3, -0.25) is 4.72 Å². The maximum atomic E-state index is 12.8. The van der Waals surface area contributed by atoms with Crippen molar-refractivity contribution < 1.29 is 22.7 Å². The molecule has 0 saturated heterocycles. The summed E-state index contributed by atoms with van der Waals surface area (Å²) in [7, 11) is -3.99. The third-order valence-corrected chi connectivity index (χ3v) is 4.10.